The van der Waals surface area contributed by atoms with Crippen molar-refractivity contribution in [2.24, 2.45) is 0 Å². The predicted octanol–water partition coefficient (Wildman–Crippen LogP) is 5.68. The fraction of sp³-hybridized carbons (Fsp3) is 0.536. The molecule has 0 saturated carbocycles. The van der Waals surface area contributed by atoms with Crippen LogP contribution in [0.15, 0.2) is 30.3 Å². The van der Waals surface area contributed by atoms with Crippen molar-refractivity contribution in [2.45, 2.75) is 70.3 Å². The monoisotopic (exact) mass is 581 g/mol. The first-order valence-electron chi connectivity index (χ1n) is 12.8. The zero-order valence-corrected chi connectivity index (χ0v) is 25.8. The minimum absolute atomic E-state index is 0.0163. The highest BCUT2D eigenvalue weighted by Gasteiger charge is 2.36. The SMILES string of the molecule is CC(C)c1nc(N(C)S(C)(=O)=O)nc(-c2ccc(F)cc2)c1/C=C/[C@@H]1CC(OS(C)(C)C(C)(C)C)CC(=O)O1. The molecule has 216 valence electrons. The van der Waals surface area contributed by atoms with Gasteiger partial charge in [0, 0.05) is 29.3 Å². The van der Waals surface area contributed by atoms with E-state index in [1.807, 2.05) is 13.8 Å². The summed E-state index contributed by atoms with van der Waals surface area (Å²) in [6, 6.07) is 5.82. The number of nitrogens with zero attached hydrogens (tertiary/aromatic N) is 3. The molecule has 0 aliphatic carbocycles. The lowest BCUT2D eigenvalue weighted by molar-refractivity contribution is -0.155. The fourth-order valence-electron chi connectivity index (χ4n) is 3.87. The topological polar surface area (TPSA) is 98.7 Å². The zero-order valence-electron chi connectivity index (χ0n) is 24.2. The predicted molar refractivity (Wildman–Crippen MR) is 157 cm³/mol. The van der Waals surface area contributed by atoms with Crippen LogP contribution in [0, 0.1) is 5.82 Å². The number of hydrogen-bond acceptors (Lipinski definition) is 7. The Bertz CT molecular complexity index is 1340. The Labute approximate surface area is 233 Å². The van der Waals surface area contributed by atoms with E-state index in [9.17, 15) is 17.6 Å². The van der Waals surface area contributed by atoms with Gasteiger partial charge in [-0.2, -0.15) is 0 Å². The number of anilines is 1. The first-order chi connectivity index (χ1) is 17.9. The molecule has 11 heteroatoms. The largest absolute Gasteiger partial charge is 0.458 e. The van der Waals surface area contributed by atoms with Gasteiger partial charge in [0.1, 0.15) is 11.9 Å². The Morgan fingerprint density at radius 1 is 1.13 bits per heavy atom. The highest BCUT2D eigenvalue weighted by Crippen LogP contribution is 2.55. The molecule has 0 radical (unpaired) electrons. The minimum Gasteiger partial charge on any atom is -0.458 e. The summed E-state index contributed by atoms with van der Waals surface area (Å²) in [4.78, 5) is 21.7. The van der Waals surface area contributed by atoms with Crippen LogP contribution in [0.1, 0.15) is 64.6 Å². The van der Waals surface area contributed by atoms with Crippen molar-refractivity contribution in [1.82, 2.24) is 9.97 Å². The van der Waals surface area contributed by atoms with Crippen LogP contribution in [0.5, 0.6) is 0 Å². The van der Waals surface area contributed by atoms with Crippen molar-refractivity contribution < 1.29 is 26.5 Å². The van der Waals surface area contributed by atoms with Crippen molar-refractivity contribution in [1.29, 1.82) is 0 Å². The Balaban J connectivity index is 2.06. The average molecular weight is 582 g/mol. The molecule has 8 nitrogen and oxygen atoms in total. The van der Waals surface area contributed by atoms with Crippen LogP contribution in [0.25, 0.3) is 17.3 Å². The molecule has 39 heavy (non-hydrogen) atoms. The van der Waals surface area contributed by atoms with Crippen LogP contribution in [0.4, 0.5) is 10.3 Å². The molecular formula is C28H40FN3O5S2. The van der Waals surface area contributed by atoms with Crippen molar-refractivity contribution in [2.75, 3.05) is 30.1 Å². The molecule has 0 spiro atoms. The molecule has 1 fully saturated rings. The van der Waals surface area contributed by atoms with Crippen LogP contribution in [-0.4, -0.2) is 67.1 Å². The molecule has 2 atom stereocenters. The van der Waals surface area contributed by atoms with Gasteiger partial charge in [0.15, 0.2) is 0 Å². The molecule has 1 saturated heterocycles. The number of cyclic esters (lactones) is 1. The number of halogens is 1. The van der Waals surface area contributed by atoms with E-state index in [0.717, 1.165) is 10.6 Å². The van der Waals surface area contributed by atoms with Gasteiger partial charge in [-0.3, -0.25) is 4.79 Å². The van der Waals surface area contributed by atoms with Gasteiger partial charge in [-0.15, -0.1) is 10.3 Å². The van der Waals surface area contributed by atoms with E-state index in [-0.39, 0.29) is 35.1 Å². The molecule has 0 amide bonds. The van der Waals surface area contributed by atoms with E-state index in [1.54, 1.807) is 24.3 Å². The van der Waals surface area contributed by atoms with Gasteiger partial charge < -0.3 is 8.92 Å². The maximum atomic E-state index is 13.7. The molecule has 1 aromatic carbocycles. The van der Waals surface area contributed by atoms with Gasteiger partial charge in [-0.1, -0.05) is 40.7 Å². The third kappa shape index (κ3) is 7.58. The summed E-state index contributed by atoms with van der Waals surface area (Å²) in [6.07, 6.45) is 8.80. The Kier molecular flexibility index (Phi) is 9.19. The Hall–Kier alpha value is -2.50. The lowest BCUT2D eigenvalue weighted by atomic mass is 9.97. The van der Waals surface area contributed by atoms with E-state index in [0.29, 0.717) is 28.9 Å². The summed E-state index contributed by atoms with van der Waals surface area (Å²) in [5.74, 6) is -0.806. The first kappa shape index (κ1) is 31.0. The van der Waals surface area contributed by atoms with E-state index in [4.69, 9.17) is 8.92 Å². The summed E-state index contributed by atoms with van der Waals surface area (Å²) in [5, 5.41) is 0. The lowest BCUT2D eigenvalue weighted by Gasteiger charge is -2.46. The number of rotatable bonds is 8. The lowest BCUT2D eigenvalue weighted by Crippen LogP contribution is -2.36. The van der Waals surface area contributed by atoms with Crippen LogP contribution >= 0.6 is 10.3 Å². The zero-order chi connectivity index (χ0) is 29.3. The van der Waals surface area contributed by atoms with Crippen LogP contribution in [0.3, 0.4) is 0 Å². The summed E-state index contributed by atoms with van der Waals surface area (Å²) in [5.41, 5.74) is 2.30. The van der Waals surface area contributed by atoms with E-state index < -0.39 is 32.3 Å². The van der Waals surface area contributed by atoms with E-state index in [2.05, 4.69) is 43.3 Å². The quantitative estimate of drug-likeness (QED) is 0.370. The minimum atomic E-state index is -3.62. The van der Waals surface area contributed by atoms with Crippen molar-refractivity contribution in [3.05, 3.63) is 47.4 Å². The highest BCUT2D eigenvalue weighted by molar-refractivity contribution is 8.29. The van der Waals surface area contributed by atoms with E-state index in [1.165, 1.54) is 19.2 Å². The number of ether oxygens (including phenoxy) is 1. The standard InChI is InChI=1S/C28H40FN3O5S2/c1-18(2)25-23(15-14-21-16-22(17-24(33)36-21)37-38(7,8)28(3,4)5)26(19-10-12-20(29)13-11-19)31-27(30-25)32(6)39(9,34)35/h10-15,18,21-22H,16-17H2,1-9H3/b15-14+/t21-,22?/m1/s1. The molecule has 2 aromatic rings. The van der Waals surface area contributed by atoms with Gasteiger partial charge in [0.2, 0.25) is 16.0 Å². The fourth-order valence-corrected chi connectivity index (χ4v) is 5.36. The third-order valence-electron chi connectivity index (χ3n) is 6.91. The first-order valence-corrected chi connectivity index (χ1v) is 17.0. The number of carbonyl (C=O) groups is 1. The summed E-state index contributed by atoms with van der Waals surface area (Å²) < 4.78 is 51.3. The van der Waals surface area contributed by atoms with Gasteiger partial charge in [0.25, 0.3) is 0 Å². The molecule has 1 aliphatic heterocycles. The molecule has 0 N–H and O–H groups in total. The molecular weight excluding hydrogens is 541 g/mol. The average Bonchev–Trinajstić information content (AvgIpc) is 2.80. The molecule has 1 aliphatic rings. The highest BCUT2D eigenvalue weighted by atomic mass is 32.3. The normalized spacial score (nSPS) is 19.4. The molecule has 1 unspecified atom stereocenters. The molecule has 0 bridgehead atoms. The van der Waals surface area contributed by atoms with Gasteiger partial charge >= 0.3 is 5.97 Å². The number of carbonyl (C=O) groups excluding carboxylic acids is 1. The van der Waals surface area contributed by atoms with Crippen LogP contribution in [-0.2, 0) is 23.7 Å². The van der Waals surface area contributed by atoms with Crippen LogP contribution in [0.2, 0.25) is 0 Å². The molecule has 3 rings (SSSR count). The Morgan fingerprint density at radius 3 is 2.28 bits per heavy atom. The van der Waals surface area contributed by atoms with Crippen molar-refractivity contribution in [3.8, 4) is 11.3 Å². The van der Waals surface area contributed by atoms with Gasteiger partial charge in [-0.05, 0) is 48.8 Å². The Morgan fingerprint density at radius 2 is 1.74 bits per heavy atom. The summed E-state index contributed by atoms with van der Waals surface area (Å²) in [7, 11) is -3.67. The maximum absolute atomic E-state index is 13.7. The van der Waals surface area contributed by atoms with E-state index >= 15 is 0 Å². The van der Waals surface area contributed by atoms with Crippen molar-refractivity contribution >= 4 is 38.3 Å². The maximum Gasteiger partial charge on any atom is 0.309 e. The number of esters is 1. The molecule has 1 aromatic heterocycles. The number of benzene rings is 1. The number of sulfonamides is 1. The third-order valence-corrected chi connectivity index (χ3v) is 11.8. The second-order valence-corrected chi connectivity index (χ2v) is 17.4. The van der Waals surface area contributed by atoms with Crippen molar-refractivity contribution in [3.63, 3.8) is 0 Å². The second-order valence-electron chi connectivity index (χ2n) is 11.5. The smallest absolute Gasteiger partial charge is 0.309 e. The van der Waals surface area contributed by atoms with Gasteiger partial charge in [-0.25, -0.2) is 27.1 Å². The number of hydrogen-bond donors (Lipinski definition) is 0. The summed E-state index contributed by atoms with van der Waals surface area (Å²) in [6.45, 7) is 10.3. The summed E-state index contributed by atoms with van der Waals surface area (Å²) >= 11 is 0. The molecule has 2 heterocycles. The second kappa shape index (κ2) is 11.5. The number of aromatic nitrogens is 2. The van der Waals surface area contributed by atoms with Crippen LogP contribution < -0.4 is 4.31 Å². The van der Waals surface area contributed by atoms with Gasteiger partial charge in [0.05, 0.1) is 30.2 Å².